The van der Waals surface area contributed by atoms with Crippen LogP contribution in [0.5, 0.6) is 0 Å². The summed E-state index contributed by atoms with van der Waals surface area (Å²) in [6, 6.07) is 13.6. The first kappa shape index (κ1) is 19.9. The van der Waals surface area contributed by atoms with Crippen molar-refractivity contribution >= 4 is 37.5 Å². The average Bonchev–Trinajstić information content (AvgIpc) is 3.44. The molecule has 5 nitrogen and oxygen atoms in total. The summed E-state index contributed by atoms with van der Waals surface area (Å²) < 4.78 is 28.3. The van der Waals surface area contributed by atoms with Crippen LogP contribution in [0.1, 0.15) is 38.2 Å². The van der Waals surface area contributed by atoms with Crippen molar-refractivity contribution in [3.8, 4) is 0 Å². The minimum Gasteiger partial charge on any atom is -0.355 e. The summed E-state index contributed by atoms with van der Waals surface area (Å²) in [5.41, 5.74) is 0.962. The fraction of sp³-hybridized carbons (Fsp3) is 0.350. The maximum Gasteiger partial charge on any atom is 0.261 e. The molecule has 27 heavy (non-hydrogen) atoms. The molecule has 1 saturated carbocycles. The summed E-state index contributed by atoms with van der Waals surface area (Å²) in [5.74, 6) is 0.0687. The molecule has 2 N–H and O–H groups in total. The zero-order valence-corrected chi connectivity index (χ0v) is 17.6. The molecule has 0 heterocycles. The minimum absolute atomic E-state index is 0.0687. The maximum atomic E-state index is 12.5. The van der Waals surface area contributed by atoms with Crippen LogP contribution in [-0.4, -0.2) is 20.9 Å². The number of halogens is 1. The highest BCUT2D eigenvalue weighted by molar-refractivity contribution is 9.10. The highest BCUT2D eigenvalue weighted by Gasteiger charge is 2.50. The van der Waals surface area contributed by atoms with Gasteiger partial charge in [-0.2, -0.15) is 0 Å². The molecule has 1 aliphatic rings. The van der Waals surface area contributed by atoms with Gasteiger partial charge in [0.1, 0.15) is 0 Å². The van der Waals surface area contributed by atoms with E-state index < -0.39 is 15.4 Å². The van der Waals surface area contributed by atoms with Crippen LogP contribution in [0, 0.1) is 0 Å². The van der Waals surface area contributed by atoms with E-state index in [0.29, 0.717) is 12.2 Å². The molecule has 1 aliphatic carbocycles. The number of rotatable bonds is 8. The van der Waals surface area contributed by atoms with Crippen LogP contribution in [0.15, 0.2) is 57.9 Å². The van der Waals surface area contributed by atoms with E-state index in [2.05, 4.69) is 32.9 Å². The van der Waals surface area contributed by atoms with Crippen molar-refractivity contribution in [2.24, 2.45) is 0 Å². The second-order valence-corrected chi connectivity index (χ2v) is 9.43. The molecule has 0 radical (unpaired) electrons. The van der Waals surface area contributed by atoms with Crippen molar-refractivity contribution < 1.29 is 13.2 Å². The van der Waals surface area contributed by atoms with Gasteiger partial charge in [0, 0.05) is 16.7 Å². The molecule has 0 bridgehead atoms. The number of amides is 1. The number of carbonyl (C=O) groups excluding carboxylic acids is 1. The molecule has 3 rings (SSSR count). The third-order valence-corrected chi connectivity index (χ3v) is 6.74. The van der Waals surface area contributed by atoms with E-state index in [1.54, 1.807) is 36.4 Å². The van der Waals surface area contributed by atoms with Crippen LogP contribution in [0.4, 0.5) is 5.69 Å². The summed E-state index contributed by atoms with van der Waals surface area (Å²) >= 11 is 3.29. The van der Waals surface area contributed by atoms with Crippen molar-refractivity contribution in [1.29, 1.82) is 0 Å². The first-order valence-corrected chi connectivity index (χ1v) is 11.3. The molecule has 1 amide bonds. The minimum atomic E-state index is -3.64. The number of nitrogens with one attached hydrogen (secondary N) is 2. The number of anilines is 1. The third-order valence-electron chi connectivity index (χ3n) is 4.81. The Morgan fingerprint density at radius 2 is 1.70 bits per heavy atom. The van der Waals surface area contributed by atoms with Crippen LogP contribution in [-0.2, 0) is 20.2 Å². The molecule has 0 aromatic heterocycles. The van der Waals surface area contributed by atoms with Gasteiger partial charge in [-0.05, 0) is 61.2 Å². The van der Waals surface area contributed by atoms with Crippen LogP contribution in [0.2, 0.25) is 0 Å². The first-order valence-electron chi connectivity index (χ1n) is 9.05. The van der Waals surface area contributed by atoms with Gasteiger partial charge in [0.25, 0.3) is 10.0 Å². The van der Waals surface area contributed by atoms with E-state index in [-0.39, 0.29) is 10.8 Å². The van der Waals surface area contributed by atoms with Gasteiger partial charge >= 0.3 is 0 Å². The first-order chi connectivity index (χ1) is 12.9. The Labute approximate surface area is 168 Å². The standard InChI is InChI=1S/C20H23BrN2O3S/c1-2-3-14-22-19(24)20(12-13-20)15-4-8-17(9-5-15)23-27(25,26)18-10-6-16(21)7-11-18/h4-11,23H,2-3,12-14H2,1H3,(H,22,24). The molecule has 2 aromatic rings. The zero-order valence-electron chi connectivity index (χ0n) is 15.2. The Morgan fingerprint density at radius 3 is 2.26 bits per heavy atom. The molecular formula is C20H23BrN2O3S. The zero-order chi connectivity index (χ0) is 19.5. The van der Waals surface area contributed by atoms with Crippen molar-refractivity contribution in [2.75, 3.05) is 11.3 Å². The van der Waals surface area contributed by atoms with Crippen molar-refractivity contribution in [2.45, 2.75) is 42.9 Å². The summed E-state index contributed by atoms with van der Waals surface area (Å²) in [5, 5.41) is 3.01. The fourth-order valence-electron chi connectivity index (χ4n) is 3.00. The van der Waals surface area contributed by atoms with Crippen molar-refractivity contribution in [3.05, 3.63) is 58.6 Å². The maximum absolute atomic E-state index is 12.5. The van der Waals surface area contributed by atoms with Gasteiger partial charge in [-0.15, -0.1) is 0 Å². The number of carbonyl (C=O) groups is 1. The van der Waals surface area contributed by atoms with Gasteiger partial charge < -0.3 is 5.32 Å². The van der Waals surface area contributed by atoms with E-state index >= 15 is 0 Å². The lowest BCUT2D eigenvalue weighted by atomic mass is 9.94. The van der Waals surface area contributed by atoms with E-state index in [1.165, 1.54) is 0 Å². The molecule has 2 aromatic carbocycles. The summed E-state index contributed by atoms with van der Waals surface area (Å²) in [6.07, 6.45) is 3.67. The van der Waals surface area contributed by atoms with Gasteiger partial charge in [0.15, 0.2) is 0 Å². The summed E-state index contributed by atoms with van der Waals surface area (Å²) in [4.78, 5) is 12.7. The molecule has 144 valence electrons. The Bertz CT molecular complexity index is 905. The van der Waals surface area contributed by atoms with E-state index in [0.717, 1.165) is 35.7 Å². The van der Waals surface area contributed by atoms with Crippen molar-refractivity contribution in [3.63, 3.8) is 0 Å². The smallest absolute Gasteiger partial charge is 0.261 e. The molecule has 0 saturated heterocycles. The van der Waals surface area contributed by atoms with Gasteiger partial charge in [-0.25, -0.2) is 8.42 Å². The molecule has 1 fully saturated rings. The monoisotopic (exact) mass is 450 g/mol. The quantitative estimate of drug-likeness (QED) is 0.591. The number of benzene rings is 2. The predicted octanol–water partition coefficient (Wildman–Crippen LogP) is 4.20. The lowest BCUT2D eigenvalue weighted by Crippen LogP contribution is -2.35. The second-order valence-electron chi connectivity index (χ2n) is 6.83. The molecule has 0 unspecified atom stereocenters. The number of unbranched alkanes of at least 4 members (excludes halogenated alkanes) is 1. The van der Waals surface area contributed by atoms with Gasteiger partial charge in [-0.3, -0.25) is 9.52 Å². The lowest BCUT2D eigenvalue weighted by Gasteiger charge is -2.16. The van der Waals surface area contributed by atoms with Gasteiger partial charge in [-0.1, -0.05) is 41.4 Å². The lowest BCUT2D eigenvalue weighted by molar-refractivity contribution is -0.123. The van der Waals surface area contributed by atoms with E-state index in [1.807, 2.05) is 12.1 Å². The molecule has 0 atom stereocenters. The predicted molar refractivity (Wildman–Crippen MR) is 110 cm³/mol. The number of hydrogen-bond acceptors (Lipinski definition) is 3. The number of sulfonamides is 1. The van der Waals surface area contributed by atoms with Gasteiger partial charge in [0.05, 0.1) is 10.3 Å². The second kappa shape index (κ2) is 8.02. The highest BCUT2D eigenvalue weighted by atomic mass is 79.9. The van der Waals surface area contributed by atoms with Crippen LogP contribution in [0.25, 0.3) is 0 Å². The Balaban J connectivity index is 1.70. The summed E-state index contributed by atoms with van der Waals surface area (Å²) in [6.45, 7) is 2.79. The molecule has 0 aliphatic heterocycles. The topological polar surface area (TPSA) is 75.3 Å². The fourth-order valence-corrected chi connectivity index (χ4v) is 4.33. The third kappa shape index (κ3) is 4.52. The van der Waals surface area contributed by atoms with Crippen molar-refractivity contribution in [1.82, 2.24) is 5.32 Å². The van der Waals surface area contributed by atoms with Crippen LogP contribution in [0.3, 0.4) is 0 Å². The highest BCUT2D eigenvalue weighted by Crippen LogP contribution is 2.48. The Morgan fingerprint density at radius 1 is 1.07 bits per heavy atom. The van der Waals surface area contributed by atoms with E-state index in [9.17, 15) is 13.2 Å². The Kier molecular flexibility index (Phi) is 5.91. The molecular weight excluding hydrogens is 428 g/mol. The van der Waals surface area contributed by atoms with E-state index in [4.69, 9.17) is 0 Å². The average molecular weight is 451 g/mol. The van der Waals surface area contributed by atoms with Crippen LogP contribution >= 0.6 is 15.9 Å². The SMILES string of the molecule is CCCCNC(=O)C1(c2ccc(NS(=O)(=O)c3ccc(Br)cc3)cc2)CC1. The largest absolute Gasteiger partial charge is 0.355 e. The molecule has 0 spiro atoms. The summed E-state index contributed by atoms with van der Waals surface area (Å²) in [7, 11) is -3.64. The molecule has 7 heteroatoms. The normalized spacial score (nSPS) is 15.2. The van der Waals surface area contributed by atoms with Gasteiger partial charge in [0.2, 0.25) is 5.91 Å². The van der Waals surface area contributed by atoms with Crippen LogP contribution < -0.4 is 10.0 Å². The Hall–Kier alpha value is -1.86. The number of hydrogen-bond donors (Lipinski definition) is 2.